The molecular weight excluding hydrogens is 245 g/mol. The van der Waals surface area contributed by atoms with Crippen LogP contribution in [0.25, 0.3) is 0 Å². The Morgan fingerprint density at radius 1 is 1.53 bits per heavy atom. The number of amides is 1. The van der Waals surface area contributed by atoms with Crippen LogP contribution in [0.2, 0.25) is 0 Å². The lowest BCUT2D eigenvalue weighted by Crippen LogP contribution is -2.40. The summed E-state index contributed by atoms with van der Waals surface area (Å²) in [6.07, 6.45) is 1.02. The molecule has 1 fully saturated rings. The molecule has 0 aromatic heterocycles. The molecule has 0 aromatic carbocycles. The van der Waals surface area contributed by atoms with Gasteiger partial charge < -0.3 is 9.64 Å². The number of nitrogens with zero attached hydrogens (tertiary/aromatic N) is 1. The molecule has 1 aliphatic heterocycles. The second-order valence-electron chi connectivity index (χ2n) is 5.15. The summed E-state index contributed by atoms with van der Waals surface area (Å²) in [6, 6.07) is 0. The van der Waals surface area contributed by atoms with Gasteiger partial charge in [0.25, 0.3) is 0 Å². The van der Waals surface area contributed by atoms with E-state index in [0.717, 1.165) is 6.42 Å². The van der Waals surface area contributed by atoms with Gasteiger partial charge in [-0.15, -0.1) is 11.6 Å². The number of piperidine rings is 1. The van der Waals surface area contributed by atoms with Crippen LogP contribution in [0.15, 0.2) is 11.4 Å². The molecule has 1 rings (SSSR count). The molecule has 0 radical (unpaired) electrons. The average molecular weight is 264 g/mol. The summed E-state index contributed by atoms with van der Waals surface area (Å²) in [6.45, 7) is 6.32. The number of hydrogen-bond donors (Lipinski definition) is 0. The summed E-state index contributed by atoms with van der Waals surface area (Å²) in [5, 5.41) is 0. The number of halogens is 2. The fourth-order valence-electron chi connectivity index (χ4n) is 1.67. The van der Waals surface area contributed by atoms with Gasteiger partial charge in [0, 0.05) is 13.1 Å². The largest absolute Gasteiger partial charge is 0.444 e. The summed E-state index contributed by atoms with van der Waals surface area (Å²) >= 11 is 5.45. The van der Waals surface area contributed by atoms with Gasteiger partial charge in [-0.1, -0.05) is 0 Å². The lowest BCUT2D eigenvalue weighted by molar-refractivity contribution is 0.0245. The maximum absolute atomic E-state index is 13.4. The predicted octanol–water partition coefficient (Wildman–Crippen LogP) is 3.48. The molecule has 1 aliphatic rings. The highest BCUT2D eigenvalue weighted by atomic mass is 35.5. The van der Waals surface area contributed by atoms with Gasteiger partial charge in [0.2, 0.25) is 0 Å². The van der Waals surface area contributed by atoms with Crippen molar-refractivity contribution < 1.29 is 13.9 Å². The first-order valence-corrected chi connectivity index (χ1v) is 6.27. The van der Waals surface area contributed by atoms with Crippen LogP contribution in [0.5, 0.6) is 0 Å². The summed E-state index contributed by atoms with van der Waals surface area (Å²) in [7, 11) is 0. The molecule has 5 heteroatoms. The molecule has 1 saturated heterocycles. The quantitative estimate of drug-likeness (QED) is 0.678. The van der Waals surface area contributed by atoms with Crippen molar-refractivity contribution in [2.45, 2.75) is 39.2 Å². The predicted molar refractivity (Wildman–Crippen MR) is 65.9 cm³/mol. The number of rotatable bonds is 1. The lowest BCUT2D eigenvalue weighted by atomic mass is 10.0. The van der Waals surface area contributed by atoms with Crippen molar-refractivity contribution in [2.24, 2.45) is 0 Å². The van der Waals surface area contributed by atoms with Crippen molar-refractivity contribution in [1.29, 1.82) is 0 Å². The smallest absolute Gasteiger partial charge is 0.410 e. The monoisotopic (exact) mass is 263 g/mol. The number of alkyl halides is 1. The Balaban J connectivity index is 2.64. The van der Waals surface area contributed by atoms with Crippen molar-refractivity contribution in [3.05, 3.63) is 11.4 Å². The SMILES string of the molecule is CC(C)(C)OC(=O)N1CCCC(=C(F)CCl)C1. The van der Waals surface area contributed by atoms with E-state index in [9.17, 15) is 9.18 Å². The molecule has 1 heterocycles. The van der Waals surface area contributed by atoms with Gasteiger partial charge in [-0.25, -0.2) is 9.18 Å². The van der Waals surface area contributed by atoms with Crippen molar-refractivity contribution in [1.82, 2.24) is 4.90 Å². The van der Waals surface area contributed by atoms with Crippen LogP contribution in [-0.2, 0) is 4.74 Å². The molecule has 3 nitrogen and oxygen atoms in total. The summed E-state index contributed by atoms with van der Waals surface area (Å²) in [5.41, 5.74) is 0.0841. The Bertz CT molecular complexity index is 323. The highest BCUT2D eigenvalue weighted by molar-refractivity contribution is 6.19. The minimum atomic E-state index is -0.524. The van der Waals surface area contributed by atoms with Crippen LogP contribution in [0, 0.1) is 0 Å². The molecule has 98 valence electrons. The molecule has 0 atom stereocenters. The summed E-state index contributed by atoms with van der Waals surface area (Å²) in [5.74, 6) is -0.447. The molecular formula is C12H19ClFNO2. The zero-order chi connectivity index (χ0) is 13.1. The number of ether oxygens (including phenoxy) is 1. The average Bonchev–Trinajstić information content (AvgIpc) is 2.26. The third-order valence-corrected chi connectivity index (χ3v) is 2.68. The van der Waals surface area contributed by atoms with Gasteiger partial charge in [-0.3, -0.25) is 0 Å². The fourth-order valence-corrected chi connectivity index (χ4v) is 1.86. The first kappa shape index (κ1) is 14.3. The second-order valence-corrected chi connectivity index (χ2v) is 5.41. The first-order valence-electron chi connectivity index (χ1n) is 5.74. The third kappa shape index (κ3) is 4.54. The van der Waals surface area contributed by atoms with Gasteiger partial charge in [-0.05, 0) is 39.2 Å². The zero-order valence-corrected chi connectivity index (χ0v) is 11.3. The van der Waals surface area contributed by atoms with E-state index in [2.05, 4.69) is 0 Å². The topological polar surface area (TPSA) is 29.5 Å². The molecule has 1 amide bonds. The van der Waals surface area contributed by atoms with Crippen molar-refractivity contribution in [3.63, 3.8) is 0 Å². The van der Waals surface area contributed by atoms with E-state index in [1.54, 1.807) is 0 Å². The van der Waals surface area contributed by atoms with Crippen LogP contribution in [0.4, 0.5) is 9.18 Å². The van der Waals surface area contributed by atoms with Gasteiger partial charge in [0.15, 0.2) is 0 Å². The van der Waals surface area contributed by atoms with Gasteiger partial charge in [0.05, 0.1) is 5.88 Å². The number of carbonyl (C=O) groups excluding carboxylic acids is 1. The molecule has 0 aliphatic carbocycles. The molecule has 0 aromatic rings. The maximum atomic E-state index is 13.4. The standard InChI is InChI=1S/C12H19ClFNO2/c1-12(2,3)17-11(16)15-6-4-5-9(8-15)10(14)7-13/h4-8H2,1-3H3. The van der Waals surface area contributed by atoms with Crippen LogP contribution < -0.4 is 0 Å². The van der Waals surface area contributed by atoms with E-state index in [0.29, 0.717) is 18.5 Å². The number of hydrogen-bond acceptors (Lipinski definition) is 2. The summed E-state index contributed by atoms with van der Waals surface area (Å²) < 4.78 is 18.6. The minimum absolute atomic E-state index is 0.127. The van der Waals surface area contributed by atoms with Gasteiger partial charge in [0.1, 0.15) is 11.4 Å². The normalized spacial score (nSPS) is 20.2. The molecule has 0 N–H and O–H groups in total. The van der Waals surface area contributed by atoms with Crippen molar-refractivity contribution in [2.75, 3.05) is 19.0 Å². The van der Waals surface area contributed by atoms with Crippen molar-refractivity contribution in [3.8, 4) is 0 Å². The van der Waals surface area contributed by atoms with Crippen LogP contribution >= 0.6 is 11.6 Å². The molecule has 0 bridgehead atoms. The Labute approximate surface area is 107 Å². The molecule has 0 unspecified atom stereocenters. The van der Waals surface area contributed by atoms with E-state index in [4.69, 9.17) is 16.3 Å². The number of carbonyl (C=O) groups is 1. The maximum Gasteiger partial charge on any atom is 0.410 e. The lowest BCUT2D eigenvalue weighted by Gasteiger charge is -2.31. The van der Waals surface area contributed by atoms with E-state index in [1.807, 2.05) is 20.8 Å². The Kier molecular flexibility index (Phi) is 4.80. The Morgan fingerprint density at radius 2 is 2.18 bits per heavy atom. The Morgan fingerprint density at radius 3 is 2.71 bits per heavy atom. The molecule has 0 saturated carbocycles. The van der Waals surface area contributed by atoms with Gasteiger partial charge >= 0.3 is 6.09 Å². The first-order chi connectivity index (χ1) is 7.83. The Hall–Kier alpha value is -0.770. The molecule has 17 heavy (non-hydrogen) atoms. The van der Waals surface area contributed by atoms with Crippen LogP contribution in [-0.4, -0.2) is 35.6 Å². The summed E-state index contributed by atoms with van der Waals surface area (Å²) in [4.78, 5) is 13.3. The van der Waals surface area contributed by atoms with E-state index in [1.165, 1.54) is 4.90 Å². The van der Waals surface area contributed by atoms with E-state index >= 15 is 0 Å². The molecule has 0 spiro atoms. The van der Waals surface area contributed by atoms with E-state index < -0.39 is 11.7 Å². The zero-order valence-electron chi connectivity index (χ0n) is 10.6. The minimum Gasteiger partial charge on any atom is -0.444 e. The van der Waals surface area contributed by atoms with Crippen LogP contribution in [0.3, 0.4) is 0 Å². The van der Waals surface area contributed by atoms with E-state index in [-0.39, 0.29) is 18.3 Å². The fraction of sp³-hybridized carbons (Fsp3) is 0.750. The third-order valence-electron chi connectivity index (χ3n) is 2.44. The van der Waals surface area contributed by atoms with Crippen LogP contribution in [0.1, 0.15) is 33.6 Å². The number of allylic oxidation sites excluding steroid dienone is 1. The number of likely N-dealkylation sites (tertiary alicyclic amines) is 1. The van der Waals surface area contributed by atoms with Crippen molar-refractivity contribution >= 4 is 17.7 Å². The van der Waals surface area contributed by atoms with Gasteiger partial charge in [-0.2, -0.15) is 0 Å². The second kappa shape index (κ2) is 5.71. The highest BCUT2D eigenvalue weighted by Gasteiger charge is 2.26. The highest BCUT2D eigenvalue weighted by Crippen LogP contribution is 2.22.